The first-order valence-electron chi connectivity index (χ1n) is 7.51. The van der Waals surface area contributed by atoms with Crippen molar-refractivity contribution in [3.05, 3.63) is 52.5 Å². The monoisotopic (exact) mass is 345 g/mol. The second-order valence-electron chi connectivity index (χ2n) is 5.30. The molecule has 120 valence electrons. The predicted molar refractivity (Wildman–Crippen MR) is 98.0 cm³/mol. The summed E-state index contributed by atoms with van der Waals surface area (Å²) in [6.45, 7) is 0. The first-order chi connectivity index (χ1) is 11.3. The van der Waals surface area contributed by atoms with Gasteiger partial charge in [-0.15, -0.1) is 11.3 Å². The van der Waals surface area contributed by atoms with E-state index < -0.39 is 0 Å². The van der Waals surface area contributed by atoms with E-state index >= 15 is 0 Å². The van der Waals surface area contributed by atoms with E-state index in [1.165, 1.54) is 0 Å². The molecule has 0 bridgehead atoms. The van der Waals surface area contributed by atoms with Gasteiger partial charge in [-0.05, 0) is 42.0 Å². The van der Waals surface area contributed by atoms with Gasteiger partial charge in [0.05, 0.1) is 23.5 Å². The second-order valence-corrected chi connectivity index (χ2v) is 7.31. The molecule has 1 aromatic carbocycles. The molecule has 0 fully saturated rings. The standard InChI is InChI=1S/C17H19N3OS2/c1-22-10-8-15(18-16(21)11-12-5-4-9-23-12)17-19-13-6-2-3-7-14(13)20-17/h2-7,9,15H,8,10-11H2,1H3,(H,18,21)(H,19,20). The van der Waals surface area contributed by atoms with Crippen LogP contribution in [0.5, 0.6) is 0 Å². The minimum Gasteiger partial charge on any atom is -0.346 e. The van der Waals surface area contributed by atoms with Crippen molar-refractivity contribution in [1.29, 1.82) is 0 Å². The van der Waals surface area contributed by atoms with E-state index in [4.69, 9.17) is 0 Å². The van der Waals surface area contributed by atoms with Crippen molar-refractivity contribution in [2.24, 2.45) is 0 Å². The van der Waals surface area contributed by atoms with Crippen LogP contribution in [-0.4, -0.2) is 27.9 Å². The van der Waals surface area contributed by atoms with Gasteiger partial charge >= 0.3 is 0 Å². The number of amides is 1. The summed E-state index contributed by atoms with van der Waals surface area (Å²) in [7, 11) is 0. The van der Waals surface area contributed by atoms with E-state index in [0.29, 0.717) is 6.42 Å². The van der Waals surface area contributed by atoms with E-state index in [-0.39, 0.29) is 11.9 Å². The van der Waals surface area contributed by atoms with Gasteiger partial charge < -0.3 is 10.3 Å². The Balaban J connectivity index is 1.75. The van der Waals surface area contributed by atoms with Crippen LogP contribution in [0.4, 0.5) is 0 Å². The average molecular weight is 345 g/mol. The fourth-order valence-corrected chi connectivity index (χ4v) is 3.64. The number of nitrogens with zero attached hydrogens (tertiary/aromatic N) is 1. The molecule has 0 radical (unpaired) electrons. The van der Waals surface area contributed by atoms with Crippen molar-refractivity contribution >= 4 is 40.0 Å². The van der Waals surface area contributed by atoms with Crippen molar-refractivity contribution < 1.29 is 4.79 Å². The third-order valence-corrected chi connectivity index (χ3v) is 5.12. The molecule has 1 atom stereocenters. The summed E-state index contributed by atoms with van der Waals surface area (Å²) in [5, 5.41) is 5.12. The Morgan fingerprint density at radius 2 is 2.22 bits per heavy atom. The molecule has 3 rings (SSSR count). The summed E-state index contributed by atoms with van der Waals surface area (Å²) in [5.74, 6) is 1.85. The van der Waals surface area contributed by atoms with Gasteiger partial charge in [0.1, 0.15) is 5.82 Å². The number of imidazole rings is 1. The smallest absolute Gasteiger partial charge is 0.225 e. The number of H-pyrrole nitrogens is 1. The van der Waals surface area contributed by atoms with E-state index in [9.17, 15) is 4.79 Å². The van der Waals surface area contributed by atoms with Crippen LogP contribution in [0, 0.1) is 0 Å². The zero-order valence-electron chi connectivity index (χ0n) is 12.9. The predicted octanol–water partition coefficient (Wildman–Crippen LogP) is 3.78. The third-order valence-electron chi connectivity index (χ3n) is 3.60. The van der Waals surface area contributed by atoms with E-state index in [2.05, 4.69) is 21.5 Å². The minimum absolute atomic E-state index is 0.0407. The molecular weight excluding hydrogens is 326 g/mol. The van der Waals surface area contributed by atoms with Gasteiger partial charge in [0.2, 0.25) is 5.91 Å². The fourth-order valence-electron chi connectivity index (χ4n) is 2.47. The number of rotatable bonds is 7. The number of thiophene rings is 1. The Morgan fingerprint density at radius 3 is 2.96 bits per heavy atom. The molecule has 2 N–H and O–H groups in total. The minimum atomic E-state index is -0.0812. The van der Waals surface area contributed by atoms with Crippen molar-refractivity contribution in [1.82, 2.24) is 15.3 Å². The molecule has 1 amide bonds. The molecule has 1 unspecified atom stereocenters. The molecule has 3 aromatic rings. The Bertz CT molecular complexity index is 734. The lowest BCUT2D eigenvalue weighted by molar-refractivity contribution is -0.121. The van der Waals surface area contributed by atoms with Gasteiger partial charge in [-0.1, -0.05) is 18.2 Å². The first kappa shape index (κ1) is 16.1. The van der Waals surface area contributed by atoms with Crippen molar-refractivity contribution in [3.8, 4) is 0 Å². The Labute approximate surface area is 143 Å². The molecule has 0 aliphatic heterocycles. The number of benzene rings is 1. The van der Waals surface area contributed by atoms with E-state index in [1.54, 1.807) is 23.1 Å². The summed E-state index contributed by atoms with van der Waals surface area (Å²) in [6.07, 6.45) is 3.36. The van der Waals surface area contributed by atoms with Crippen LogP contribution in [0.3, 0.4) is 0 Å². The molecule has 0 spiro atoms. The third kappa shape index (κ3) is 4.14. The summed E-state index contributed by atoms with van der Waals surface area (Å²) in [6, 6.07) is 11.8. The Kier molecular flexibility index (Phi) is 5.35. The number of para-hydroxylation sites is 2. The molecule has 23 heavy (non-hydrogen) atoms. The van der Waals surface area contributed by atoms with Crippen LogP contribution < -0.4 is 5.32 Å². The van der Waals surface area contributed by atoms with Crippen LogP contribution in [-0.2, 0) is 11.2 Å². The van der Waals surface area contributed by atoms with Crippen molar-refractivity contribution in [2.45, 2.75) is 18.9 Å². The molecule has 2 heterocycles. The lowest BCUT2D eigenvalue weighted by atomic mass is 10.2. The summed E-state index contributed by atoms with van der Waals surface area (Å²) in [4.78, 5) is 21.4. The van der Waals surface area contributed by atoms with Crippen LogP contribution in [0.25, 0.3) is 11.0 Å². The Morgan fingerprint density at radius 1 is 1.35 bits per heavy atom. The summed E-state index contributed by atoms with van der Waals surface area (Å²) < 4.78 is 0. The van der Waals surface area contributed by atoms with E-state index in [1.807, 2.05) is 41.8 Å². The van der Waals surface area contributed by atoms with Gasteiger partial charge in [0.15, 0.2) is 0 Å². The summed E-state index contributed by atoms with van der Waals surface area (Å²) >= 11 is 3.38. The van der Waals surface area contributed by atoms with Crippen LogP contribution in [0.1, 0.15) is 23.2 Å². The van der Waals surface area contributed by atoms with Crippen molar-refractivity contribution in [3.63, 3.8) is 0 Å². The Hall–Kier alpha value is -1.79. The van der Waals surface area contributed by atoms with Crippen LogP contribution in [0.2, 0.25) is 0 Å². The molecule has 4 nitrogen and oxygen atoms in total. The number of hydrogen-bond acceptors (Lipinski definition) is 4. The highest BCUT2D eigenvalue weighted by molar-refractivity contribution is 7.98. The lowest BCUT2D eigenvalue weighted by Crippen LogP contribution is -2.30. The number of carbonyl (C=O) groups is 1. The van der Waals surface area contributed by atoms with Gasteiger partial charge in [-0.25, -0.2) is 4.98 Å². The first-order valence-corrected chi connectivity index (χ1v) is 9.79. The highest BCUT2D eigenvalue weighted by Crippen LogP contribution is 2.20. The topological polar surface area (TPSA) is 57.8 Å². The van der Waals surface area contributed by atoms with Crippen LogP contribution >= 0.6 is 23.1 Å². The maximum absolute atomic E-state index is 12.3. The molecular formula is C17H19N3OS2. The van der Waals surface area contributed by atoms with E-state index in [0.717, 1.165) is 33.9 Å². The molecule has 2 aromatic heterocycles. The number of hydrogen-bond donors (Lipinski definition) is 2. The SMILES string of the molecule is CSCCC(NC(=O)Cc1cccs1)c1nc2ccccc2[nH]1. The van der Waals surface area contributed by atoms with Crippen molar-refractivity contribution in [2.75, 3.05) is 12.0 Å². The number of nitrogens with one attached hydrogen (secondary N) is 2. The molecule has 0 saturated heterocycles. The number of aromatic nitrogens is 2. The van der Waals surface area contributed by atoms with Gasteiger partial charge in [-0.3, -0.25) is 4.79 Å². The normalized spacial score (nSPS) is 12.4. The number of fused-ring (bicyclic) bond motifs is 1. The molecule has 0 saturated carbocycles. The average Bonchev–Trinajstić information content (AvgIpc) is 3.20. The lowest BCUT2D eigenvalue weighted by Gasteiger charge is -2.16. The zero-order valence-corrected chi connectivity index (χ0v) is 14.5. The van der Waals surface area contributed by atoms with Gasteiger partial charge in [0, 0.05) is 4.88 Å². The summed E-state index contributed by atoms with van der Waals surface area (Å²) in [5.41, 5.74) is 1.94. The fraction of sp³-hybridized carbons (Fsp3) is 0.294. The highest BCUT2D eigenvalue weighted by Gasteiger charge is 2.18. The molecule has 0 aliphatic carbocycles. The van der Waals surface area contributed by atoms with Gasteiger partial charge in [-0.2, -0.15) is 11.8 Å². The second kappa shape index (κ2) is 7.66. The maximum Gasteiger partial charge on any atom is 0.225 e. The highest BCUT2D eigenvalue weighted by atomic mass is 32.2. The molecule has 6 heteroatoms. The number of carbonyl (C=O) groups excluding carboxylic acids is 1. The number of thioether (sulfide) groups is 1. The largest absolute Gasteiger partial charge is 0.346 e. The maximum atomic E-state index is 12.3. The van der Waals surface area contributed by atoms with Gasteiger partial charge in [0.25, 0.3) is 0 Å². The zero-order chi connectivity index (χ0) is 16.1. The quantitative estimate of drug-likeness (QED) is 0.685. The molecule has 0 aliphatic rings. The number of aromatic amines is 1. The van der Waals surface area contributed by atoms with Crippen LogP contribution in [0.15, 0.2) is 41.8 Å².